The van der Waals surface area contributed by atoms with Gasteiger partial charge in [-0.2, -0.15) is 11.8 Å². The number of thioether (sulfide) groups is 1. The predicted octanol–water partition coefficient (Wildman–Crippen LogP) is 4.76. The number of carbonyl (C=O) groups is 2. The quantitative estimate of drug-likeness (QED) is 0.223. The number of ketones is 1. The molecule has 5 nitrogen and oxygen atoms in total. The van der Waals surface area contributed by atoms with Crippen LogP contribution in [0.5, 0.6) is 0 Å². The molecule has 0 aromatic rings. The van der Waals surface area contributed by atoms with Crippen LogP contribution in [0, 0.1) is 11.8 Å². The van der Waals surface area contributed by atoms with Crippen molar-refractivity contribution in [1.29, 1.82) is 0 Å². The number of carboxylic acid groups (broad SMARTS) is 1. The molecule has 1 aliphatic carbocycles. The van der Waals surface area contributed by atoms with Gasteiger partial charge in [-0.15, -0.1) is 6.58 Å². The van der Waals surface area contributed by atoms with Crippen LogP contribution in [0.4, 0.5) is 0 Å². The molecule has 0 amide bonds. The first kappa shape index (κ1) is 26.9. The van der Waals surface area contributed by atoms with Crippen molar-refractivity contribution in [3.63, 3.8) is 0 Å². The van der Waals surface area contributed by atoms with Crippen molar-refractivity contribution < 1.29 is 24.9 Å². The number of hydrogen-bond donors (Lipinski definition) is 3. The van der Waals surface area contributed by atoms with Crippen molar-refractivity contribution >= 4 is 23.5 Å². The van der Waals surface area contributed by atoms with Crippen molar-refractivity contribution in [2.45, 2.75) is 89.3 Å². The van der Waals surface area contributed by atoms with Gasteiger partial charge in [0, 0.05) is 18.3 Å². The van der Waals surface area contributed by atoms with E-state index in [0.717, 1.165) is 44.3 Å². The first-order valence-electron chi connectivity index (χ1n) is 11.3. The molecule has 0 spiro atoms. The molecule has 1 saturated carbocycles. The lowest BCUT2D eigenvalue weighted by atomic mass is 9.86. The topological polar surface area (TPSA) is 94.8 Å². The number of Topliss-reactive ketones (excluding diaryl/α,β-unsaturated/α-hetero) is 1. The van der Waals surface area contributed by atoms with E-state index in [9.17, 15) is 19.8 Å². The minimum Gasteiger partial charge on any atom is -0.481 e. The molecule has 0 bridgehead atoms. The molecule has 172 valence electrons. The lowest BCUT2D eigenvalue weighted by Gasteiger charge is -2.26. The third-order valence-electron chi connectivity index (χ3n) is 5.89. The van der Waals surface area contributed by atoms with Gasteiger partial charge in [-0.1, -0.05) is 57.3 Å². The number of hydrogen-bond acceptors (Lipinski definition) is 5. The maximum atomic E-state index is 12.3. The Morgan fingerprint density at radius 3 is 2.67 bits per heavy atom. The SMILES string of the molecule is C=CCC(O)(CC=C[C@H]1[C@H](O)CC(=O)[C@@H]1CCCCSCC(=O)O)CCCCCC. The highest BCUT2D eigenvalue weighted by Crippen LogP contribution is 2.35. The number of aliphatic hydroxyl groups excluding tert-OH is 1. The summed E-state index contributed by atoms with van der Waals surface area (Å²) in [4.78, 5) is 22.9. The van der Waals surface area contributed by atoms with Crippen LogP contribution in [0.25, 0.3) is 0 Å². The second-order valence-corrected chi connectivity index (χ2v) is 9.63. The first-order valence-corrected chi connectivity index (χ1v) is 12.5. The van der Waals surface area contributed by atoms with Gasteiger partial charge in [0.25, 0.3) is 0 Å². The zero-order chi connectivity index (χ0) is 22.4. The second kappa shape index (κ2) is 14.8. The molecule has 6 heteroatoms. The molecule has 0 aromatic heterocycles. The number of aliphatic carboxylic acids is 1. The number of carbonyl (C=O) groups excluding carboxylic acids is 1. The minimum absolute atomic E-state index is 0.108. The van der Waals surface area contributed by atoms with Crippen LogP contribution in [0.3, 0.4) is 0 Å². The highest BCUT2D eigenvalue weighted by molar-refractivity contribution is 7.99. The van der Waals surface area contributed by atoms with Gasteiger partial charge in [0.05, 0.1) is 17.5 Å². The van der Waals surface area contributed by atoms with Gasteiger partial charge in [-0.3, -0.25) is 9.59 Å². The molecule has 0 aromatic carbocycles. The van der Waals surface area contributed by atoms with Gasteiger partial charge >= 0.3 is 5.97 Å². The lowest BCUT2D eigenvalue weighted by molar-refractivity contribution is -0.134. The molecule has 1 rings (SSSR count). The van der Waals surface area contributed by atoms with Crippen LogP contribution in [-0.4, -0.2) is 50.3 Å². The average Bonchev–Trinajstić information content (AvgIpc) is 2.95. The standard InChI is InChI=1S/C24H40O5S/c1-3-5-6-8-14-24(29,13-4-2)15-10-12-20-19(21(25)17-22(20)26)11-7-9-16-30-18-23(27)28/h4,10,12,19-20,22,26,29H,2-3,5-9,11,13-18H2,1H3,(H,27,28)/t19-,20-,22-,24?/m1/s1. The van der Waals surface area contributed by atoms with Gasteiger partial charge < -0.3 is 15.3 Å². The number of aliphatic hydroxyl groups is 2. The summed E-state index contributed by atoms with van der Waals surface area (Å²) in [6.45, 7) is 5.94. The largest absolute Gasteiger partial charge is 0.481 e. The Bertz CT molecular complexity index is 562. The van der Waals surface area contributed by atoms with Gasteiger partial charge in [-0.05, 0) is 37.9 Å². The van der Waals surface area contributed by atoms with Crippen LogP contribution in [0.15, 0.2) is 24.8 Å². The summed E-state index contributed by atoms with van der Waals surface area (Å²) < 4.78 is 0. The molecular formula is C24H40O5S. The molecule has 4 atom stereocenters. The van der Waals surface area contributed by atoms with E-state index in [-0.39, 0.29) is 29.8 Å². The fraction of sp³-hybridized carbons (Fsp3) is 0.750. The van der Waals surface area contributed by atoms with E-state index in [1.54, 1.807) is 6.08 Å². The summed E-state index contributed by atoms with van der Waals surface area (Å²) in [5, 5.41) is 29.9. The molecule has 0 heterocycles. The summed E-state index contributed by atoms with van der Waals surface area (Å²) in [5.74, 6) is -0.200. The summed E-state index contributed by atoms with van der Waals surface area (Å²) in [6.07, 6.45) is 13.8. The Morgan fingerprint density at radius 2 is 2.00 bits per heavy atom. The van der Waals surface area contributed by atoms with Crippen molar-refractivity contribution in [1.82, 2.24) is 0 Å². The Hall–Kier alpha value is -1.11. The van der Waals surface area contributed by atoms with Crippen molar-refractivity contribution in [2.75, 3.05) is 11.5 Å². The summed E-state index contributed by atoms with van der Waals surface area (Å²) >= 11 is 1.39. The summed E-state index contributed by atoms with van der Waals surface area (Å²) in [6, 6.07) is 0. The van der Waals surface area contributed by atoms with E-state index in [2.05, 4.69) is 13.5 Å². The van der Waals surface area contributed by atoms with E-state index in [1.807, 2.05) is 12.2 Å². The number of rotatable bonds is 17. The summed E-state index contributed by atoms with van der Waals surface area (Å²) in [5.41, 5.74) is -0.809. The van der Waals surface area contributed by atoms with Crippen LogP contribution in [-0.2, 0) is 9.59 Å². The Morgan fingerprint density at radius 1 is 1.23 bits per heavy atom. The molecule has 3 N–H and O–H groups in total. The first-order chi connectivity index (χ1) is 14.3. The predicted molar refractivity (Wildman–Crippen MR) is 124 cm³/mol. The zero-order valence-corrected chi connectivity index (χ0v) is 19.2. The molecule has 30 heavy (non-hydrogen) atoms. The molecule has 0 saturated heterocycles. The molecular weight excluding hydrogens is 400 g/mol. The van der Waals surface area contributed by atoms with Gasteiger partial charge in [-0.25, -0.2) is 0 Å². The van der Waals surface area contributed by atoms with Crippen molar-refractivity contribution in [3.05, 3.63) is 24.8 Å². The van der Waals surface area contributed by atoms with E-state index >= 15 is 0 Å². The Labute approximate surface area is 186 Å². The minimum atomic E-state index is -0.809. The average molecular weight is 441 g/mol. The van der Waals surface area contributed by atoms with Crippen LogP contribution in [0.2, 0.25) is 0 Å². The smallest absolute Gasteiger partial charge is 0.313 e. The van der Waals surface area contributed by atoms with Crippen LogP contribution in [0.1, 0.15) is 77.6 Å². The number of carboxylic acids is 1. The monoisotopic (exact) mass is 440 g/mol. The highest BCUT2D eigenvalue weighted by Gasteiger charge is 2.39. The van der Waals surface area contributed by atoms with Crippen molar-refractivity contribution in [2.24, 2.45) is 11.8 Å². The zero-order valence-electron chi connectivity index (χ0n) is 18.4. The Balaban J connectivity index is 2.54. The van der Waals surface area contributed by atoms with Crippen LogP contribution >= 0.6 is 11.8 Å². The molecule has 1 fully saturated rings. The highest BCUT2D eigenvalue weighted by atomic mass is 32.2. The Kier molecular flexibility index (Phi) is 13.3. The lowest BCUT2D eigenvalue weighted by Crippen LogP contribution is -2.27. The van der Waals surface area contributed by atoms with Crippen LogP contribution < -0.4 is 0 Å². The van der Waals surface area contributed by atoms with E-state index in [1.165, 1.54) is 18.2 Å². The van der Waals surface area contributed by atoms with E-state index in [4.69, 9.17) is 5.11 Å². The maximum Gasteiger partial charge on any atom is 0.313 e. The van der Waals surface area contributed by atoms with Gasteiger partial charge in [0.2, 0.25) is 0 Å². The molecule has 1 aliphatic rings. The molecule has 0 aliphatic heterocycles. The molecule has 1 unspecified atom stereocenters. The normalized spacial score (nSPS) is 23.7. The second-order valence-electron chi connectivity index (χ2n) is 8.52. The maximum absolute atomic E-state index is 12.3. The number of unbranched alkanes of at least 4 members (excludes halogenated alkanes) is 4. The van der Waals surface area contributed by atoms with Crippen molar-refractivity contribution in [3.8, 4) is 0 Å². The third-order valence-corrected chi connectivity index (χ3v) is 6.92. The van der Waals surface area contributed by atoms with E-state index < -0.39 is 17.7 Å². The molecule has 0 radical (unpaired) electrons. The van der Waals surface area contributed by atoms with Gasteiger partial charge in [0.15, 0.2) is 0 Å². The fourth-order valence-electron chi connectivity index (χ4n) is 4.20. The van der Waals surface area contributed by atoms with E-state index in [0.29, 0.717) is 19.3 Å². The summed E-state index contributed by atoms with van der Waals surface area (Å²) in [7, 11) is 0. The fourth-order valence-corrected chi connectivity index (χ4v) is 4.93. The third kappa shape index (κ3) is 10.3. The van der Waals surface area contributed by atoms with Gasteiger partial charge in [0.1, 0.15) is 5.78 Å².